The highest BCUT2D eigenvalue weighted by Gasteiger charge is 2.12. The van der Waals surface area contributed by atoms with Crippen molar-refractivity contribution in [3.8, 4) is 17.4 Å². The average molecular weight is 292 g/mol. The molecule has 7 nitrogen and oxygen atoms in total. The minimum Gasteiger partial charge on any atom is -0.502 e. The molecule has 3 rings (SSSR count). The fourth-order valence-electron chi connectivity index (χ4n) is 1.42. The normalized spacial score (nSPS) is 10.8. The predicted octanol–water partition coefficient (Wildman–Crippen LogP) is 2.28. The minimum atomic E-state index is -0.492. The van der Waals surface area contributed by atoms with Gasteiger partial charge >= 0.3 is 0 Å². The van der Waals surface area contributed by atoms with E-state index >= 15 is 0 Å². The summed E-state index contributed by atoms with van der Waals surface area (Å²) in [6, 6.07) is 4.64. The zero-order valence-corrected chi connectivity index (χ0v) is 10.8. The molecule has 0 aliphatic heterocycles. The zero-order chi connectivity index (χ0) is 13.9. The summed E-state index contributed by atoms with van der Waals surface area (Å²) in [4.78, 5) is 11.2. The second kappa shape index (κ2) is 5.25. The molecule has 0 saturated carbocycles. The number of hydrogen-bond donors (Lipinski definition) is 1. The maximum absolute atomic E-state index is 11.2. The molecule has 0 amide bonds. The van der Waals surface area contributed by atoms with E-state index in [1.54, 1.807) is 12.1 Å². The van der Waals surface area contributed by atoms with Crippen molar-refractivity contribution in [3.63, 3.8) is 0 Å². The molecule has 0 aliphatic rings. The lowest BCUT2D eigenvalue weighted by Crippen LogP contribution is -1.98. The molecule has 0 saturated heterocycles. The first-order valence-electron chi connectivity index (χ1n) is 5.53. The number of hydrogen-bond acceptors (Lipinski definition) is 8. The second-order valence-electron chi connectivity index (χ2n) is 3.73. The van der Waals surface area contributed by atoms with Crippen LogP contribution in [0.25, 0.3) is 11.7 Å². The molecule has 102 valence electrons. The van der Waals surface area contributed by atoms with Gasteiger partial charge in [0.1, 0.15) is 12.0 Å². The van der Waals surface area contributed by atoms with E-state index in [0.717, 1.165) is 6.26 Å². The molecular weight excluding hydrogens is 284 g/mol. The van der Waals surface area contributed by atoms with Crippen molar-refractivity contribution in [2.24, 2.45) is 0 Å². The largest absolute Gasteiger partial charge is 0.502 e. The van der Waals surface area contributed by atoms with Crippen LogP contribution in [-0.4, -0.2) is 15.3 Å². The third-order valence-electron chi connectivity index (χ3n) is 2.34. The van der Waals surface area contributed by atoms with E-state index in [9.17, 15) is 4.79 Å². The molecule has 0 fully saturated rings. The minimum absolute atomic E-state index is 0.282. The smallest absolute Gasteiger partial charge is 0.284 e. The highest BCUT2D eigenvalue weighted by molar-refractivity contribution is 7.98. The molecule has 20 heavy (non-hydrogen) atoms. The van der Waals surface area contributed by atoms with E-state index in [2.05, 4.69) is 10.2 Å². The lowest BCUT2D eigenvalue weighted by molar-refractivity contribution is 0.418. The molecule has 8 heteroatoms. The standard InChI is InChI=1S/C12H8N2O5S/c15-8-4-7(18-5-9(8)16)6-20-12-14-13-11(19-12)10-2-1-3-17-10/h1-5,16H,6H2. The van der Waals surface area contributed by atoms with E-state index in [1.807, 2.05) is 0 Å². The predicted molar refractivity (Wildman–Crippen MR) is 68.2 cm³/mol. The number of aromatic nitrogens is 2. The Balaban J connectivity index is 1.69. The van der Waals surface area contributed by atoms with Crippen molar-refractivity contribution in [2.45, 2.75) is 11.0 Å². The van der Waals surface area contributed by atoms with Crippen LogP contribution in [0.3, 0.4) is 0 Å². The summed E-state index contributed by atoms with van der Waals surface area (Å²) in [5.74, 6) is 1.08. The molecule has 0 aromatic carbocycles. The van der Waals surface area contributed by atoms with Gasteiger partial charge in [-0.15, -0.1) is 10.2 Å². The van der Waals surface area contributed by atoms with Gasteiger partial charge in [0.15, 0.2) is 11.5 Å². The van der Waals surface area contributed by atoms with Gasteiger partial charge in [0.05, 0.1) is 12.0 Å². The number of thioether (sulfide) groups is 1. The molecule has 0 atom stereocenters. The van der Waals surface area contributed by atoms with Crippen LogP contribution in [0.4, 0.5) is 0 Å². The SMILES string of the molecule is O=c1cc(CSc2nnc(-c3ccco3)o2)occ1O. The zero-order valence-electron chi connectivity index (χ0n) is 9.98. The number of aromatic hydroxyl groups is 1. The van der Waals surface area contributed by atoms with Crippen molar-refractivity contribution < 1.29 is 18.4 Å². The maximum atomic E-state index is 11.2. The first kappa shape index (κ1) is 12.5. The summed E-state index contributed by atoms with van der Waals surface area (Å²) in [5, 5.41) is 17.1. The number of nitrogens with zero attached hydrogens (tertiary/aromatic N) is 2. The summed E-state index contributed by atoms with van der Waals surface area (Å²) in [6.07, 6.45) is 2.51. The molecule has 0 aliphatic carbocycles. The van der Waals surface area contributed by atoms with Crippen LogP contribution in [0.1, 0.15) is 5.76 Å². The Morgan fingerprint density at radius 1 is 1.30 bits per heavy atom. The quantitative estimate of drug-likeness (QED) is 0.730. The Bertz CT molecular complexity index is 762. The molecule has 3 aromatic rings. The Morgan fingerprint density at radius 3 is 2.95 bits per heavy atom. The van der Waals surface area contributed by atoms with Crippen molar-refractivity contribution in [3.05, 3.63) is 46.7 Å². The van der Waals surface area contributed by atoms with Gasteiger partial charge in [-0.05, 0) is 12.1 Å². The Kier molecular flexibility index (Phi) is 3.30. The van der Waals surface area contributed by atoms with E-state index < -0.39 is 11.2 Å². The van der Waals surface area contributed by atoms with E-state index in [0.29, 0.717) is 22.5 Å². The van der Waals surface area contributed by atoms with E-state index in [-0.39, 0.29) is 5.89 Å². The van der Waals surface area contributed by atoms with Gasteiger partial charge in [-0.25, -0.2) is 0 Å². The topological polar surface area (TPSA) is 102 Å². The van der Waals surface area contributed by atoms with E-state index in [1.165, 1.54) is 24.1 Å². The van der Waals surface area contributed by atoms with Crippen LogP contribution in [0.15, 0.2) is 54.0 Å². The summed E-state index contributed by atoms with van der Waals surface area (Å²) in [5.41, 5.74) is -0.492. The van der Waals surface area contributed by atoms with Crippen LogP contribution in [0.5, 0.6) is 5.75 Å². The Morgan fingerprint density at radius 2 is 2.20 bits per heavy atom. The fraction of sp³-hybridized carbons (Fsp3) is 0.0833. The summed E-state index contributed by atoms with van der Waals surface area (Å²) >= 11 is 1.21. The Labute approximate surface area is 116 Å². The van der Waals surface area contributed by atoms with Gasteiger partial charge in [-0.2, -0.15) is 0 Å². The third-order valence-corrected chi connectivity index (χ3v) is 3.18. The second-order valence-corrected chi connectivity index (χ2v) is 4.66. The van der Waals surface area contributed by atoms with Crippen molar-refractivity contribution in [1.29, 1.82) is 0 Å². The van der Waals surface area contributed by atoms with Crippen LogP contribution < -0.4 is 5.43 Å². The average Bonchev–Trinajstić information content (AvgIpc) is 3.09. The van der Waals surface area contributed by atoms with Gasteiger partial charge < -0.3 is 18.4 Å². The first-order valence-corrected chi connectivity index (χ1v) is 6.52. The highest BCUT2D eigenvalue weighted by Crippen LogP contribution is 2.25. The molecule has 0 unspecified atom stereocenters. The number of rotatable bonds is 4. The van der Waals surface area contributed by atoms with E-state index in [4.69, 9.17) is 18.4 Å². The first-order chi connectivity index (χ1) is 9.72. The summed E-state index contributed by atoms with van der Waals surface area (Å²) < 4.78 is 15.6. The maximum Gasteiger partial charge on any atom is 0.284 e. The van der Waals surface area contributed by atoms with Crippen molar-refractivity contribution in [2.75, 3.05) is 0 Å². The highest BCUT2D eigenvalue weighted by atomic mass is 32.2. The lowest BCUT2D eigenvalue weighted by atomic mass is 10.4. The van der Waals surface area contributed by atoms with Gasteiger partial charge in [0, 0.05) is 6.07 Å². The fourth-order valence-corrected chi connectivity index (χ4v) is 2.07. The Hall–Kier alpha value is -2.48. The molecule has 0 spiro atoms. The molecular formula is C12H8N2O5S. The summed E-state index contributed by atoms with van der Waals surface area (Å²) in [6.45, 7) is 0. The molecule has 0 radical (unpaired) electrons. The van der Waals surface area contributed by atoms with Crippen molar-refractivity contribution in [1.82, 2.24) is 10.2 Å². The molecule has 1 N–H and O–H groups in total. The van der Waals surface area contributed by atoms with Crippen LogP contribution in [0, 0.1) is 0 Å². The van der Waals surface area contributed by atoms with Crippen LogP contribution >= 0.6 is 11.8 Å². The van der Waals surface area contributed by atoms with Gasteiger partial charge in [0.2, 0.25) is 5.43 Å². The number of furan rings is 1. The van der Waals surface area contributed by atoms with Crippen LogP contribution in [-0.2, 0) is 5.75 Å². The molecule has 0 bridgehead atoms. The van der Waals surface area contributed by atoms with Gasteiger partial charge in [0.25, 0.3) is 11.1 Å². The van der Waals surface area contributed by atoms with Gasteiger partial charge in [-0.1, -0.05) is 11.8 Å². The lowest BCUT2D eigenvalue weighted by Gasteiger charge is -1.96. The monoisotopic (exact) mass is 292 g/mol. The van der Waals surface area contributed by atoms with Crippen molar-refractivity contribution >= 4 is 11.8 Å². The summed E-state index contributed by atoms with van der Waals surface area (Å²) in [7, 11) is 0. The molecule has 3 aromatic heterocycles. The third kappa shape index (κ3) is 2.59. The van der Waals surface area contributed by atoms with Crippen LogP contribution in [0.2, 0.25) is 0 Å². The molecule has 3 heterocycles. The van der Waals surface area contributed by atoms with Gasteiger partial charge in [-0.3, -0.25) is 4.79 Å².